The fourth-order valence-electron chi connectivity index (χ4n) is 2.79. The Kier molecular flexibility index (Phi) is 4.62. The Morgan fingerprint density at radius 3 is 2.57 bits per heavy atom. The van der Waals surface area contributed by atoms with Crippen LogP contribution < -0.4 is 15.6 Å². The number of nitrogens with zero attached hydrogens (tertiary/aromatic N) is 1. The molecule has 1 aliphatic heterocycles. The Balaban J connectivity index is 1.61. The van der Waals surface area contributed by atoms with Gasteiger partial charge in [-0.25, -0.2) is 5.01 Å². The summed E-state index contributed by atoms with van der Waals surface area (Å²) in [7, 11) is 0. The smallest absolute Gasteiger partial charge is 0.282 e. The average molecular weight is 439 g/mol. The number of carbonyl (C=O) groups is 2. The number of anilines is 1. The Bertz CT molecular complexity index is 1120. The van der Waals surface area contributed by atoms with E-state index in [2.05, 4.69) is 21.4 Å². The van der Waals surface area contributed by atoms with Gasteiger partial charge in [-0.1, -0.05) is 28.1 Å². The van der Waals surface area contributed by atoms with Gasteiger partial charge in [0.05, 0.1) is 5.69 Å². The molecule has 1 fully saturated rings. The molecule has 0 spiro atoms. The van der Waals surface area contributed by atoms with Crippen LogP contribution in [0.1, 0.15) is 5.76 Å². The molecule has 0 atom stereocenters. The van der Waals surface area contributed by atoms with Gasteiger partial charge in [0.1, 0.15) is 17.1 Å². The summed E-state index contributed by atoms with van der Waals surface area (Å²) in [5.41, 5.74) is 4.16. The molecule has 0 radical (unpaired) electrons. The Morgan fingerprint density at radius 2 is 1.82 bits per heavy atom. The molecule has 1 aromatic heterocycles. The standard InChI is InChI=1S/C20H12BrN3O4/c21-13-4-6-15(7-5-13)24-20(26)17(19(25)22-24)11-16-8-9-18(28-16)12-2-1-3-14(10-12)23-27/h1-11H,(H,22,25)/p+1/b17-11-. The summed E-state index contributed by atoms with van der Waals surface area (Å²) in [5, 5.41) is 3.02. The van der Waals surface area contributed by atoms with Gasteiger partial charge in [0.2, 0.25) is 0 Å². The van der Waals surface area contributed by atoms with Gasteiger partial charge in [-0.3, -0.25) is 15.0 Å². The lowest BCUT2D eigenvalue weighted by Crippen LogP contribution is -2.55. The van der Waals surface area contributed by atoms with E-state index < -0.39 is 11.8 Å². The summed E-state index contributed by atoms with van der Waals surface area (Å²) in [6, 6.07) is 17.1. The molecule has 1 saturated heterocycles. The highest BCUT2D eigenvalue weighted by Gasteiger charge is 2.34. The van der Waals surface area contributed by atoms with E-state index in [-0.39, 0.29) is 5.57 Å². The number of nitroso groups, excluding NO2 is 1. The molecule has 8 heteroatoms. The number of furan rings is 1. The van der Waals surface area contributed by atoms with E-state index in [4.69, 9.17) is 4.42 Å². The molecule has 7 nitrogen and oxygen atoms in total. The predicted molar refractivity (Wildman–Crippen MR) is 106 cm³/mol. The van der Waals surface area contributed by atoms with E-state index in [1.54, 1.807) is 60.7 Å². The van der Waals surface area contributed by atoms with Gasteiger partial charge >= 0.3 is 0 Å². The van der Waals surface area contributed by atoms with Crippen LogP contribution in [0.15, 0.2) is 75.1 Å². The third-order valence-corrected chi connectivity index (χ3v) is 4.68. The second kappa shape index (κ2) is 7.24. The zero-order valence-corrected chi connectivity index (χ0v) is 15.9. The zero-order valence-electron chi connectivity index (χ0n) is 14.3. The van der Waals surface area contributed by atoms with Crippen LogP contribution in [0.25, 0.3) is 17.4 Å². The van der Waals surface area contributed by atoms with Crippen LogP contribution in [-0.4, -0.2) is 11.8 Å². The fraction of sp³-hybridized carbons (Fsp3) is 0. The van der Waals surface area contributed by atoms with Crippen molar-refractivity contribution < 1.29 is 19.2 Å². The molecule has 0 saturated carbocycles. The monoisotopic (exact) mass is 438 g/mol. The van der Waals surface area contributed by atoms with Gasteiger partial charge in [0.15, 0.2) is 0 Å². The van der Waals surface area contributed by atoms with Gasteiger partial charge in [-0.2, -0.15) is 0 Å². The van der Waals surface area contributed by atoms with Crippen molar-refractivity contribution in [3.8, 4) is 11.3 Å². The van der Waals surface area contributed by atoms with Crippen LogP contribution in [0.3, 0.4) is 0 Å². The van der Waals surface area contributed by atoms with Crippen LogP contribution in [-0.2, 0) is 9.59 Å². The molecule has 2 aromatic carbocycles. The van der Waals surface area contributed by atoms with Crippen LogP contribution in [0, 0.1) is 4.91 Å². The molecular formula is C20H13BrN3O4+. The van der Waals surface area contributed by atoms with Crippen molar-refractivity contribution in [2.24, 2.45) is 0 Å². The summed E-state index contributed by atoms with van der Waals surface area (Å²) in [4.78, 5) is 35.7. The Hall–Kier alpha value is -3.52. The van der Waals surface area contributed by atoms with Crippen molar-refractivity contribution in [3.05, 3.63) is 81.4 Å². The van der Waals surface area contributed by atoms with E-state index in [0.29, 0.717) is 28.5 Å². The van der Waals surface area contributed by atoms with Crippen molar-refractivity contribution in [3.63, 3.8) is 0 Å². The largest absolute Gasteiger partial charge is 0.457 e. The number of nitrogens with one attached hydrogen (secondary N) is 2. The fourth-order valence-corrected chi connectivity index (χ4v) is 3.06. The average Bonchev–Trinajstić information content (AvgIpc) is 3.29. The maximum atomic E-state index is 12.6. The normalized spacial score (nSPS) is 15.2. The highest BCUT2D eigenvalue weighted by atomic mass is 79.9. The Morgan fingerprint density at radius 1 is 1.04 bits per heavy atom. The first-order chi connectivity index (χ1) is 13.5. The number of hydrazine groups is 1. The molecule has 0 aliphatic carbocycles. The molecule has 28 heavy (non-hydrogen) atoms. The summed E-state index contributed by atoms with van der Waals surface area (Å²) in [5.74, 6) is -0.113. The first-order valence-corrected chi connectivity index (χ1v) is 9.05. The van der Waals surface area contributed by atoms with Crippen molar-refractivity contribution in [2.75, 3.05) is 5.01 Å². The minimum absolute atomic E-state index is 0.0289. The number of benzene rings is 2. The topological polar surface area (TPSA) is 93.6 Å². The molecular weight excluding hydrogens is 426 g/mol. The summed E-state index contributed by atoms with van der Waals surface area (Å²) < 4.78 is 6.59. The third kappa shape index (κ3) is 3.37. The van der Waals surface area contributed by atoms with Gasteiger partial charge in [-0.15, -0.1) is 0 Å². The SMILES string of the molecule is O=[NH+]c1cccc(-c2ccc(/C=C3/C(=O)NN(c4ccc(Br)cc4)C3=O)o2)c1. The molecule has 0 unspecified atom stereocenters. The highest BCUT2D eigenvalue weighted by molar-refractivity contribution is 9.10. The Labute approximate surface area is 167 Å². The van der Waals surface area contributed by atoms with Gasteiger partial charge < -0.3 is 4.42 Å². The number of hydrogen-bond donors (Lipinski definition) is 2. The lowest BCUT2D eigenvalue weighted by atomic mass is 10.1. The third-order valence-electron chi connectivity index (χ3n) is 4.15. The van der Waals surface area contributed by atoms with Crippen LogP contribution in [0.4, 0.5) is 11.4 Å². The van der Waals surface area contributed by atoms with Crippen molar-refractivity contribution in [1.29, 1.82) is 0 Å². The molecule has 2 N–H and O–H groups in total. The number of hydrogen-bond acceptors (Lipinski definition) is 4. The maximum Gasteiger partial charge on any atom is 0.282 e. The minimum Gasteiger partial charge on any atom is -0.457 e. The van der Waals surface area contributed by atoms with E-state index in [1.165, 1.54) is 11.1 Å². The summed E-state index contributed by atoms with van der Waals surface area (Å²) >= 11 is 3.33. The van der Waals surface area contributed by atoms with Crippen molar-refractivity contribution >= 4 is 45.2 Å². The van der Waals surface area contributed by atoms with Gasteiger partial charge in [-0.05, 0) is 42.5 Å². The number of rotatable bonds is 4. The second-order valence-corrected chi connectivity index (χ2v) is 6.92. The van der Waals surface area contributed by atoms with E-state index in [0.717, 1.165) is 4.47 Å². The van der Waals surface area contributed by atoms with E-state index >= 15 is 0 Å². The molecule has 2 heterocycles. The molecule has 4 rings (SSSR count). The number of amides is 2. The van der Waals surface area contributed by atoms with E-state index in [9.17, 15) is 14.5 Å². The number of carbonyl (C=O) groups excluding carboxylic acids is 2. The van der Waals surface area contributed by atoms with Gasteiger partial charge in [0.25, 0.3) is 17.5 Å². The quantitative estimate of drug-likeness (QED) is 0.483. The molecule has 138 valence electrons. The lowest BCUT2D eigenvalue weighted by Gasteiger charge is -2.14. The highest BCUT2D eigenvalue weighted by Crippen LogP contribution is 2.27. The second-order valence-electron chi connectivity index (χ2n) is 6.00. The first-order valence-electron chi connectivity index (χ1n) is 8.26. The molecule has 0 bridgehead atoms. The van der Waals surface area contributed by atoms with E-state index in [1.807, 2.05) is 5.18 Å². The summed E-state index contributed by atoms with van der Waals surface area (Å²) in [6.45, 7) is 0. The number of halogens is 1. The maximum absolute atomic E-state index is 12.6. The van der Waals surface area contributed by atoms with Crippen molar-refractivity contribution in [1.82, 2.24) is 5.43 Å². The lowest BCUT2D eigenvalue weighted by molar-refractivity contribution is -0.379. The zero-order chi connectivity index (χ0) is 19.7. The van der Waals surface area contributed by atoms with Gasteiger partial charge in [0, 0.05) is 32.3 Å². The summed E-state index contributed by atoms with van der Waals surface area (Å²) in [6.07, 6.45) is 1.40. The van der Waals surface area contributed by atoms with Crippen LogP contribution in [0.2, 0.25) is 0 Å². The molecule has 2 amide bonds. The molecule has 3 aromatic rings. The molecule has 1 aliphatic rings. The first kappa shape index (κ1) is 17.9. The van der Waals surface area contributed by atoms with Crippen LogP contribution >= 0.6 is 15.9 Å². The minimum atomic E-state index is -0.511. The predicted octanol–water partition coefficient (Wildman–Crippen LogP) is 2.65. The van der Waals surface area contributed by atoms with Crippen molar-refractivity contribution in [2.45, 2.75) is 0 Å². The van der Waals surface area contributed by atoms with Crippen LogP contribution in [0.5, 0.6) is 0 Å².